The molecule has 0 atom stereocenters. The van der Waals surface area contributed by atoms with Crippen LogP contribution in [0.25, 0.3) is 15.7 Å². The largest absolute Gasteiger partial charge is 0.463 e. The number of thiophene rings is 1. The molecule has 17 heavy (non-hydrogen) atoms. The Morgan fingerprint density at radius 2 is 2.24 bits per heavy atom. The Kier molecular flexibility index (Phi) is 3.59. The Morgan fingerprint density at radius 3 is 3.00 bits per heavy atom. The van der Waals surface area contributed by atoms with Crippen molar-refractivity contribution >= 4 is 33.0 Å². The van der Waals surface area contributed by atoms with Gasteiger partial charge in [0.05, 0.1) is 6.61 Å². The van der Waals surface area contributed by atoms with Crippen LogP contribution in [-0.2, 0) is 9.53 Å². The van der Waals surface area contributed by atoms with Crippen molar-refractivity contribution < 1.29 is 9.53 Å². The van der Waals surface area contributed by atoms with Gasteiger partial charge in [-0.15, -0.1) is 11.3 Å². The van der Waals surface area contributed by atoms with Gasteiger partial charge in [-0.25, -0.2) is 4.79 Å². The van der Waals surface area contributed by atoms with E-state index >= 15 is 0 Å². The van der Waals surface area contributed by atoms with Crippen LogP contribution in [0.15, 0.2) is 35.7 Å². The van der Waals surface area contributed by atoms with Gasteiger partial charge in [0.1, 0.15) is 0 Å². The summed E-state index contributed by atoms with van der Waals surface area (Å²) in [7, 11) is 0. The lowest BCUT2D eigenvalue weighted by Crippen LogP contribution is -2.00. The van der Waals surface area contributed by atoms with Crippen LogP contribution in [0.1, 0.15) is 19.4 Å². The van der Waals surface area contributed by atoms with Gasteiger partial charge in [0, 0.05) is 10.8 Å². The molecule has 2 nitrogen and oxygen atoms in total. The summed E-state index contributed by atoms with van der Waals surface area (Å²) in [5.41, 5.74) is 1.99. The van der Waals surface area contributed by atoms with Gasteiger partial charge < -0.3 is 4.74 Å². The van der Waals surface area contributed by atoms with Gasteiger partial charge in [-0.05, 0) is 47.9 Å². The monoisotopic (exact) mass is 246 g/mol. The van der Waals surface area contributed by atoms with E-state index in [-0.39, 0.29) is 5.97 Å². The SMILES string of the molecule is CCOC(=O)/C=C(/C)c1ccc2ccsc2c1. The maximum Gasteiger partial charge on any atom is 0.331 e. The number of allylic oxidation sites excluding steroid dienone is 1. The topological polar surface area (TPSA) is 26.3 Å². The van der Waals surface area contributed by atoms with E-state index in [1.54, 1.807) is 18.3 Å². The van der Waals surface area contributed by atoms with Crippen LogP contribution in [-0.4, -0.2) is 12.6 Å². The number of rotatable bonds is 3. The first-order chi connectivity index (χ1) is 8.20. The molecule has 0 fully saturated rings. The summed E-state index contributed by atoms with van der Waals surface area (Å²) in [6, 6.07) is 8.29. The third-order valence-corrected chi connectivity index (χ3v) is 3.41. The van der Waals surface area contributed by atoms with Crippen LogP contribution < -0.4 is 0 Å². The van der Waals surface area contributed by atoms with Crippen molar-refractivity contribution in [3.8, 4) is 0 Å². The van der Waals surface area contributed by atoms with Gasteiger partial charge in [0.25, 0.3) is 0 Å². The number of hydrogen-bond acceptors (Lipinski definition) is 3. The standard InChI is InChI=1S/C14H14O2S/c1-3-16-14(15)8-10(2)12-5-4-11-6-7-17-13(11)9-12/h4-9H,3H2,1-2H3/b10-8-. The molecule has 0 amide bonds. The normalized spacial score (nSPS) is 11.8. The molecule has 1 heterocycles. The highest BCUT2D eigenvalue weighted by atomic mass is 32.1. The Hall–Kier alpha value is -1.61. The van der Waals surface area contributed by atoms with E-state index in [2.05, 4.69) is 23.6 Å². The van der Waals surface area contributed by atoms with Crippen molar-refractivity contribution in [3.63, 3.8) is 0 Å². The molecule has 2 aromatic rings. The lowest BCUT2D eigenvalue weighted by Gasteiger charge is -2.02. The number of carbonyl (C=O) groups excluding carboxylic acids is 1. The van der Waals surface area contributed by atoms with Gasteiger partial charge in [0.2, 0.25) is 0 Å². The fraction of sp³-hybridized carbons (Fsp3) is 0.214. The van der Waals surface area contributed by atoms with Gasteiger partial charge >= 0.3 is 5.97 Å². The molecule has 1 aromatic carbocycles. The van der Waals surface area contributed by atoms with Crippen molar-refractivity contribution in [1.82, 2.24) is 0 Å². The van der Waals surface area contributed by atoms with E-state index in [0.29, 0.717) is 6.61 Å². The summed E-state index contributed by atoms with van der Waals surface area (Å²) in [5, 5.41) is 3.31. The summed E-state index contributed by atoms with van der Waals surface area (Å²) in [6.07, 6.45) is 1.54. The van der Waals surface area contributed by atoms with Crippen LogP contribution in [0.3, 0.4) is 0 Å². The fourth-order valence-electron chi connectivity index (χ4n) is 1.64. The number of fused-ring (bicyclic) bond motifs is 1. The molecule has 1 aromatic heterocycles. The van der Waals surface area contributed by atoms with Gasteiger partial charge in [-0.2, -0.15) is 0 Å². The van der Waals surface area contributed by atoms with Crippen molar-refractivity contribution in [2.75, 3.05) is 6.61 Å². The van der Waals surface area contributed by atoms with Gasteiger partial charge in [-0.1, -0.05) is 12.1 Å². The first kappa shape index (κ1) is 11.9. The zero-order valence-electron chi connectivity index (χ0n) is 9.90. The lowest BCUT2D eigenvalue weighted by atomic mass is 10.1. The average molecular weight is 246 g/mol. The Balaban J connectivity index is 2.29. The second-order valence-corrected chi connectivity index (χ2v) is 4.70. The third kappa shape index (κ3) is 2.74. The van der Waals surface area contributed by atoms with Crippen molar-refractivity contribution in [2.24, 2.45) is 0 Å². The molecule has 0 N–H and O–H groups in total. The highest BCUT2D eigenvalue weighted by Gasteiger charge is 2.02. The Labute approximate surface area is 105 Å². The quantitative estimate of drug-likeness (QED) is 0.607. The maximum atomic E-state index is 11.3. The molecular weight excluding hydrogens is 232 g/mol. The molecule has 0 bridgehead atoms. The summed E-state index contributed by atoms with van der Waals surface area (Å²) in [6.45, 7) is 4.14. The number of benzene rings is 1. The highest BCUT2D eigenvalue weighted by Crippen LogP contribution is 2.25. The molecule has 0 saturated carbocycles. The average Bonchev–Trinajstić information content (AvgIpc) is 2.75. The minimum Gasteiger partial charge on any atom is -0.463 e. The minimum atomic E-state index is -0.281. The van der Waals surface area contributed by atoms with E-state index in [9.17, 15) is 4.79 Å². The maximum absolute atomic E-state index is 11.3. The van der Waals surface area contributed by atoms with Crippen LogP contribution in [0.2, 0.25) is 0 Å². The molecule has 2 rings (SSSR count). The summed E-state index contributed by atoms with van der Waals surface area (Å²) >= 11 is 1.70. The summed E-state index contributed by atoms with van der Waals surface area (Å²) < 4.78 is 6.13. The van der Waals surface area contributed by atoms with Crippen LogP contribution in [0, 0.1) is 0 Å². The Morgan fingerprint density at radius 1 is 1.41 bits per heavy atom. The molecule has 0 radical (unpaired) electrons. The second kappa shape index (κ2) is 5.15. The smallest absolute Gasteiger partial charge is 0.331 e. The van der Waals surface area contributed by atoms with Crippen LogP contribution >= 0.6 is 11.3 Å². The number of ether oxygens (including phenoxy) is 1. The number of esters is 1. The predicted octanol–water partition coefficient (Wildman–Crippen LogP) is 3.87. The molecule has 0 spiro atoms. The Bertz CT molecular complexity index is 566. The van der Waals surface area contributed by atoms with Crippen molar-refractivity contribution in [2.45, 2.75) is 13.8 Å². The van der Waals surface area contributed by atoms with E-state index in [1.807, 2.05) is 13.0 Å². The first-order valence-electron chi connectivity index (χ1n) is 5.53. The second-order valence-electron chi connectivity index (χ2n) is 3.75. The molecule has 0 aliphatic carbocycles. The molecule has 0 aliphatic rings. The van der Waals surface area contributed by atoms with Crippen molar-refractivity contribution in [1.29, 1.82) is 0 Å². The summed E-state index contributed by atoms with van der Waals surface area (Å²) in [5.74, 6) is -0.281. The van der Waals surface area contributed by atoms with Crippen LogP contribution in [0.4, 0.5) is 0 Å². The number of carbonyl (C=O) groups is 1. The van der Waals surface area contributed by atoms with Crippen molar-refractivity contribution in [3.05, 3.63) is 41.3 Å². The van der Waals surface area contributed by atoms with E-state index in [0.717, 1.165) is 11.1 Å². The molecule has 88 valence electrons. The van der Waals surface area contributed by atoms with E-state index in [1.165, 1.54) is 16.2 Å². The molecule has 0 saturated heterocycles. The van der Waals surface area contributed by atoms with E-state index in [4.69, 9.17) is 4.74 Å². The highest BCUT2D eigenvalue weighted by molar-refractivity contribution is 7.17. The first-order valence-corrected chi connectivity index (χ1v) is 6.41. The predicted molar refractivity (Wildman–Crippen MR) is 72.1 cm³/mol. The zero-order valence-corrected chi connectivity index (χ0v) is 10.7. The minimum absolute atomic E-state index is 0.281. The molecule has 3 heteroatoms. The van der Waals surface area contributed by atoms with Gasteiger partial charge in [-0.3, -0.25) is 0 Å². The summed E-state index contributed by atoms with van der Waals surface area (Å²) in [4.78, 5) is 11.3. The third-order valence-electron chi connectivity index (χ3n) is 2.53. The number of hydrogen-bond donors (Lipinski definition) is 0. The lowest BCUT2D eigenvalue weighted by molar-refractivity contribution is -0.137. The fourth-order valence-corrected chi connectivity index (χ4v) is 2.47. The molecular formula is C14H14O2S. The zero-order chi connectivity index (χ0) is 12.3. The molecule has 0 aliphatic heterocycles. The van der Waals surface area contributed by atoms with Gasteiger partial charge in [0.15, 0.2) is 0 Å². The van der Waals surface area contributed by atoms with Crippen LogP contribution in [0.5, 0.6) is 0 Å². The molecule has 0 unspecified atom stereocenters. The van der Waals surface area contributed by atoms with E-state index < -0.39 is 0 Å².